The van der Waals surface area contributed by atoms with E-state index in [1.54, 1.807) is 16.7 Å². The maximum atomic E-state index is 13.1. The lowest BCUT2D eigenvalue weighted by molar-refractivity contribution is -0.137. The number of nitrogens with two attached hydrogens (primary N) is 1. The van der Waals surface area contributed by atoms with Crippen molar-refractivity contribution in [3.05, 3.63) is 34.6 Å². The Labute approximate surface area is 152 Å². The molecule has 0 radical (unpaired) electrons. The summed E-state index contributed by atoms with van der Waals surface area (Å²) in [6, 6.07) is 3.51. The van der Waals surface area contributed by atoms with E-state index in [2.05, 4.69) is 0 Å². The Morgan fingerprint density at radius 3 is 2.21 bits per heavy atom. The van der Waals surface area contributed by atoms with Gasteiger partial charge in [-0.05, 0) is 25.1 Å². The SMILES string of the molecule is CC(N)C(C)C(=O)N1CCN(C(=O)c2ccc(F)cc2Cl)CC1.Cl. The molecule has 1 aliphatic heterocycles. The Balaban J connectivity index is 0.00000288. The number of halogens is 3. The largest absolute Gasteiger partial charge is 0.339 e. The highest BCUT2D eigenvalue weighted by Crippen LogP contribution is 2.20. The van der Waals surface area contributed by atoms with Crippen LogP contribution in [-0.4, -0.2) is 53.8 Å². The van der Waals surface area contributed by atoms with Gasteiger partial charge in [-0.3, -0.25) is 9.59 Å². The molecule has 8 heteroatoms. The lowest BCUT2D eigenvalue weighted by atomic mass is 10.0. The lowest BCUT2D eigenvalue weighted by Gasteiger charge is -2.36. The predicted molar refractivity (Wildman–Crippen MR) is 94.0 cm³/mol. The van der Waals surface area contributed by atoms with Gasteiger partial charge in [-0.1, -0.05) is 18.5 Å². The van der Waals surface area contributed by atoms with E-state index in [0.29, 0.717) is 26.2 Å². The third kappa shape index (κ3) is 4.59. The molecule has 1 aliphatic rings. The molecule has 5 nitrogen and oxygen atoms in total. The van der Waals surface area contributed by atoms with E-state index in [0.717, 1.165) is 6.07 Å². The van der Waals surface area contributed by atoms with Crippen LogP contribution in [0.4, 0.5) is 4.39 Å². The molecule has 1 heterocycles. The number of rotatable bonds is 3. The van der Waals surface area contributed by atoms with Crippen LogP contribution in [0.3, 0.4) is 0 Å². The van der Waals surface area contributed by atoms with E-state index >= 15 is 0 Å². The maximum Gasteiger partial charge on any atom is 0.255 e. The highest BCUT2D eigenvalue weighted by Gasteiger charge is 2.29. The number of benzene rings is 1. The van der Waals surface area contributed by atoms with Gasteiger partial charge >= 0.3 is 0 Å². The molecular weight excluding hydrogens is 356 g/mol. The molecule has 0 aliphatic carbocycles. The molecule has 2 N–H and O–H groups in total. The Kier molecular flexibility index (Phi) is 7.45. The molecule has 2 unspecified atom stereocenters. The summed E-state index contributed by atoms with van der Waals surface area (Å²) in [6.07, 6.45) is 0. The molecule has 1 aromatic carbocycles. The minimum absolute atomic E-state index is 0. The van der Waals surface area contributed by atoms with Crippen molar-refractivity contribution in [3.8, 4) is 0 Å². The zero-order chi connectivity index (χ0) is 17.1. The Morgan fingerprint density at radius 2 is 1.71 bits per heavy atom. The molecule has 1 saturated heterocycles. The monoisotopic (exact) mass is 377 g/mol. The summed E-state index contributed by atoms with van der Waals surface area (Å²) < 4.78 is 13.1. The number of nitrogens with zero attached hydrogens (tertiary/aromatic N) is 2. The van der Waals surface area contributed by atoms with Crippen LogP contribution in [-0.2, 0) is 4.79 Å². The second-order valence-electron chi connectivity index (χ2n) is 5.89. The summed E-state index contributed by atoms with van der Waals surface area (Å²) in [4.78, 5) is 28.1. The van der Waals surface area contributed by atoms with E-state index in [1.165, 1.54) is 12.1 Å². The summed E-state index contributed by atoms with van der Waals surface area (Å²) in [5.74, 6) is -0.968. The number of carbonyl (C=O) groups excluding carboxylic acids is 2. The lowest BCUT2D eigenvalue weighted by Crippen LogP contribution is -2.53. The van der Waals surface area contributed by atoms with Gasteiger partial charge in [0.15, 0.2) is 0 Å². The van der Waals surface area contributed by atoms with Crippen LogP contribution in [0, 0.1) is 11.7 Å². The fourth-order valence-corrected chi connectivity index (χ4v) is 2.72. The van der Waals surface area contributed by atoms with Crippen LogP contribution in [0.2, 0.25) is 5.02 Å². The first kappa shape index (κ1) is 20.7. The first-order valence-electron chi connectivity index (χ1n) is 7.60. The third-order valence-corrected chi connectivity index (χ3v) is 4.53. The number of carbonyl (C=O) groups is 2. The second kappa shape index (κ2) is 8.65. The van der Waals surface area contributed by atoms with Crippen molar-refractivity contribution in [2.24, 2.45) is 11.7 Å². The molecule has 1 fully saturated rings. The molecule has 1 aromatic rings. The summed E-state index contributed by atoms with van der Waals surface area (Å²) in [5, 5.41) is 0.0964. The molecule has 2 rings (SSSR count). The average molecular weight is 378 g/mol. The number of piperazine rings is 1. The van der Waals surface area contributed by atoms with Crippen LogP contribution in [0.5, 0.6) is 0 Å². The van der Waals surface area contributed by atoms with Crippen molar-refractivity contribution in [1.82, 2.24) is 9.80 Å². The fraction of sp³-hybridized carbons (Fsp3) is 0.500. The van der Waals surface area contributed by atoms with Crippen LogP contribution in [0.1, 0.15) is 24.2 Å². The zero-order valence-corrected chi connectivity index (χ0v) is 15.2. The first-order valence-corrected chi connectivity index (χ1v) is 7.97. The summed E-state index contributed by atoms with van der Waals surface area (Å²) in [7, 11) is 0. The molecule has 134 valence electrons. The normalized spacial score (nSPS) is 17.0. The fourth-order valence-electron chi connectivity index (χ4n) is 2.48. The molecule has 0 bridgehead atoms. The molecule has 0 saturated carbocycles. The Bertz CT molecular complexity index is 605. The van der Waals surface area contributed by atoms with Crippen LogP contribution in [0.15, 0.2) is 18.2 Å². The van der Waals surface area contributed by atoms with Gasteiger partial charge in [-0.2, -0.15) is 0 Å². The van der Waals surface area contributed by atoms with Gasteiger partial charge in [-0.25, -0.2) is 4.39 Å². The minimum atomic E-state index is -0.480. The van der Waals surface area contributed by atoms with Crippen molar-refractivity contribution >= 4 is 35.8 Å². The highest BCUT2D eigenvalue weighted by atomic mass is 35.5. The van der Waals surface area contributed by atoms with Gasteiger partial charge in [0.25, 0.3) is 5.91 Å². The molecule has 24 heavy (non-hydrogen) atoms. The molecule has 2 amide bonds. The van der Waals surface area contributed by atoms with Crippen LogP contribution >= 0.6 is 24.0 Å². The van der Waals surface area contributed by atoms with Gasteiger partial charge in [0, 0.05) is 32.2 Å². The van der Waals surface area contributed by atoms with Crippen molar-refractivity contribution < 1.29 is 14.0 Å². The quantitative estimate of drug-likeness (QED) is 0.877. The predicted octanol–water partition coefficient (Wildman–Crippen LogP) is 2.17. The van der Waals surface area contributed by atoms with E-state index in [4.69, 9.17) is 17.3 Å². The summed E-state index contributed by atoms with van der Waals surface area (Å²) in [5.41, 5.74) is 6.04. The van der Waals surface area contributed by atoms with Crippen molar-refractivity contribution in [2.45, 2.75) is 19.9 Å². The minimum Gasteiger partial charge on any atom is -0.339 e. The molecule has 0 spiro atoms. The maximum absolute atomic E-state index is 13.1. The topological polar surface area (TPSA) is 66.6 Å². The van der Waals surface area contributed by atoms with E-state index in [1.807, 2.05) is 6.92 Å². The van der Waals surface area contributed by atoms with E-state index in [9.17, 15) is 14.0 Å². The summed E-state index contributed by atoms with van der Waals surface area (Å²) in [6.45, 7) is 5.37. The molecule has 0 aromatic heterocycles. The van der Waals surface area contributed by atoms with Crippen LogP contribution < -0.4 is 5.73 Å². The standard InChI is InChI=1S/C16H21ClFN3O2.ClH/c1-10(11(2)19)15(22)20-5-7-21(8-6-20)16(23)13-4-3-12(18)9-14(13)17;/h3-4,9-11H,5-8,19H2,1-2H3;1H. The van der Waals surface area contributed by atoms with Gasteiger partial charge in [0.2, 0.25) is 5.91 Å². The second-order valence-corrected chi connectivity index (χ2v) is 6.30. The van der Waals surface area contributed by atoms with Crippen molar-refractivity contribution in [2.75, 3.05) is 26.2 Å². The highest BCUT2D eigenvalue weighted by molar-refractivity contribution is 6.33. The van der Waals surface area contributed by atoms with Crippen LogP contribution in [0.25, 0.3) is 0 Å². The number of hydrogen-bond donors (Lipinski definition) is 1. The van der Waals surface area contributed by atoms with Crippen molar-refractivity contribution in [3.63, 3.8) is 0 Å². The average Bonchev–Trinajstić information content (AvgIpc) is 2.53. The molecule has 2 atom stereocenters. The van der Waals surface area contributed by atoms with Crippen molar-refractivity contribution in [1.29, 1.82) is 0 Å². The first-order chi connectivity index (χ1) is 10.8. The van der Waals surface area contributed by atoms with Gasteiger partial charge < -0.3 is 15.5 Å². The third-order valence-electron chi connectivity index (χ3n) is 4.22. The van der Waals surface area contributed by atoms with Gasteiger partial charge in [0.1, 0.15) is 5.82 Å². The van der Waals surface area contributed by atoms with Gasteiger partial charge in [-0.15, -0.1) is 12.4 Å². The zero-order valence-electron chi connectivity index (χ0n) is 13.7. The number of amides is 2. The molecular formula is C16H22Cl2FN3O2. The Hall–Kier alpha value is -1.37. The Morgan fingerprint density at radius 1 is 1.17 bits per heavy atom. The summed E-state index contributed by atoms with van der Waals surface area (Å²) >= 11 is 5.93. The van der Waals surface area contributed by atoms with E-state index < -0.39 is 5.82 Å². The number of hydrogen-bond acceptors (Lipinski definition) is 3. The van der Waals surface area contributed by atoms with E-state index in [-0.39, 0.29) is 46.8 Å². The van der Waals surface area contributed by atoms with Gasteiger partial charge in [0.05, 0.1) is 16.5 Å². The smallest absolute Gasteiger partial charge is 0.255 e.